The van der Waals surface area contributed by atoms with Crippen LogP contribution in [0.3, 0.4) is 0 Å². The van der Waals surface area contributed by atoms with Crippen LogP contribution in [-0.4, -0.2) is 21.9 Å². The standard InChI is InChI=1S/C12H12N2O5/c1-7(8(2)12(16)17)11(15)13-9-4-3-5-10(6-9)14(18)19/h3-6H,1-2H3,(H,13,15)(H,16,17). The lowest BCUT2D eigenvalue weighted by atomic mass is 10.1. The Morgan fingerprint density at radius 2 is 1.89 bits per heavy atom. The van der Waals surface area contributed by atoms with Gasteiger partial charge in [0.05, 0.1) is 4.92 Å². The summed E-state index contributed by atoms with van der Waals surface area (Å²) in [7, 11) is 0. The zero-order chi connectivity index (χ0) is 14.6. The van der Waals surface area contributed by atoms with E-state index in [0.717, 1.165) is 0 Å². The highest BCUT2D eigenvalue weighted by atomic mass is 16.6. The predicted octanol–water partition coefficient (Wildman–Crippen LogP) is 1.95. The third-order valence-corrected chi connectivity index (χ3v) is 2.54. The van der Waals surface area contributed by atoms with Crippen molar-refractivity contribution >= 4 is 23.3 Å². The van der Waals surface area contributed by atoms with Gasteiger partial charge in [0.2, 0.25) is 0 Å². The van der Waals surface area contributed by atoms with Crippen molar-refractivity contribution < 1.29 is 19.6 Å². The van der Waals surface area contributed by atoms with E-state index >= 15 is 0 Å². The quantitative estimate of drug-likeness (QED) is 0.490. The lowest BCUT2D eigenvalue weighted by molar-refractivity contribution is -0.384. The summed E-state index contributed by atoms with van der Waals surface area (Å²) in [6.07, 6.45) is 0. The highest BCUT2D eigenvalue weighted by molar-refractivity contribution is 6.08. The second kappa shape index (κ2) is 5.76. The summed E-state index contributed by atoms with van der Waals surface area (Å²) in [4.78, 5) is 32.4. The molecule has 0 radical (unpaired) electrons. The van der Waals surface area contributed by atoms with Gasteiger partial charge in [-0.15, -0.1) is 0 Å². The van der Waals surface area contributed by atoms with E-state index < -0.39 is 16.8 Å². The van der Waals surface area contributed by atoms with E-state index in [1.165, 1.54) is 38.1 Å². The first-order chi connectivity index (χ1) is 8.82. The molecular formula is C12H12N2O5. The average molecular weight is 264 g/mol. The fourth-order valence-electron chi connectivity index (χ4n) is 1.25. The Hall–Kier alpha value is -2.70. The molecule has 0 saturated heterocycles. The highest BCUT2D eigenvalue weighted by Crippen LogP contribution is 2.18. The van der Waals surface area contributed by atoms with Gasteiger partial charge in [-0.25, -0.2) is 4.79 Å². The van der Waals surface area contributed by atoms with Crippen LogP contribution in [-0.2, 0) is 9.59 Å². The Balaban J connectivity index is 2.95. The lowest BCUT2D eigenvalue weighted by Crippen LogP contribution is -2.16. The second-order valence-corrected chi connectivity index (χ2v) is 3.82. The molecule has 0 aliphatic rings. The fraction of sp³-hybridized carbons (Fsp3) is 0.167. The van der Waals surface area contributed by atoms with Crippen LogP contribution in [0.4, 0.5) is 11.4 Å². The molecule has 1 aromatic carbocycles. The van der Waals surface area contributed by atoms with Crippen LogP contribution >= 0.6 is 0 Å². The lowest BCUT2D eigenvalue weighted by Gasteiger charge is -2.06. The molecule has 1 amide bonds. The van der Waals surface area contributed by atoms with Crippen LogP contribution in [0.15, 0.2) is 35.4 Å². The van der Waals surface area contributed by atoms with E-state index in [2.05, 4.69) is 5.32 Å². The number of nitrogens with one attached hydrogen (secondary N) is 1. The molecule has 0 fully saturated rings. The number of carboxylic acids is 1. The maximum Gasteiger partial charge on any atom is 0.331 e. The first kappa shape index (κ1) is 14.4. The second-order valence-electron chi connectivity index (χ2n) is 3.82. The van der Waals surface area contributed by atoms with Gasteiger partial charge in [0.25, 0.3) is 11.6 Å². The van der Waals surface area contributed by atoms with Crippen LogP contribution in [0, 0.1) is 10.1 Å². The van der Waals surface area contributed by atoms with Gasteiger partial charge in [0, 0.05) is 29.0 Å². The number of nitrogens with zero attached hydrogens (tertiary/aromatic N) is 1. The molecule has 0 bridgehead atoms. The van der Waals surface area contributed by atoms with Crippen molar-refractivity contribution in [3.05, 3.63) is 45.5 Å². The first-order valence-corrected chi connectivity index (χ1v) is 5.29. The Labute approximate surface area is 108 Å². The minimum atomic E-state index is -1.19. The molecule has 0 saturated carbocycles. The third-order valence-electron chi connectivity index (χ3n) is 2.54. The molecule has 1 rings (SSSR count). The number of nitro benzene ring substituents is 1. The number of aliphatic carboxylic acids is 1. The molecule has 0 aliphatic heterocycles. The molecule has 0 heterocycles. The minimum Gasteiger partial charge on any atom is -0.478 e. The van der Waals surface area contributed by atoms with E-state index in [9.17, 15) is 19.7 Å². The van der Waals surface area contributed by atoms with Crippen molar-refractivity contribution in [3.8, 4) is 0 Å². The number of hydrogen-bond donors (Lipinski definition) is 2. The maximum absolute atomic E-state index is 11.7. The maximum atomic E-state index is 11.7. The number of nitro groups is 1. The minimum absolute atomic E-state index is 0.0407. The Morgan fingerprint density at radius 3 is 2.42 bits per heavy atom. The third kappa shape index (κ3) is 3.63. The first-order valence-electron chi connectivity index (χ1n) is 5.29. The van der Waals surface area contributed by atoms with E-state index in [0.29, 0.717) is 0 Å². The van der Waals surface area contributed by atoms with Gasteiger partial charge < -0.3 is 10.4 Å². The molecule has 0 atom stereocenters. The molecule has 0 aromatic heterocycles. The SMILES string of the molecule is CC(C(=O)O)=C(C)C(=O)Nc1cccc([N+](=O)[O-])c1. The number of carboxylic acid groups (broad SMARTS) is 1. The van der Waals surface area contributed by atoms with E-state index in [-0.39, 0.29) is 22.5 Å². The van der Waals surface area contributed by atoms with Crippen molar-refractivity contribution in [1.29, 1.82) is 0 Å². The molecule has 2 N–H and O–H groups in total. The number of non-ortho nitro benzene ring substituents is 1. The Bertz CT molecular complexity index is 577. The number of carbonyl (C=O) groups is 2. The summed E-state index contributed by atoms with van der Waals surface area (Å²) < 4.78 is 0. The summed E-state index contributed by atoms with van der Waals surface area (Å²) in [5.74, 6) is -1.80. The highest BCUT2D eigenvalue weighted by Gasteiger charge is 2.14. The zero-order valence-electron chi connectivity index (χ0n) is 10.3. The van der Waals surface area contributed by atoms with Crippen molar-refractivity contribution in [2.24, 2.45) is 0 Å². The average Bonchev–Trinajstić information content (AvgIpc) is 2.37. The van der Waals surface area contributed by atoms with E-state index in [1.54, 1.807) is 0 Å². The zero-order valence-corrected chi connectivity index (χ0v) is 10.3. The van der Waals surface area contributed by atoms with Crippen molar-refractivity contribution in [3.63, 3.8) is 0 Å². The van der Waals surface area contributed by atoms with E-state index in [4.69, 9.17) is 5.11 Å². The van der Waals surface area contributed by atoms with Crippen LogP contribution in [0.25, 0.3) is 0 Å². The predicted molar refractivity (Wildman–Crippen MR) is 67.7 cm³/mol. The van der Waals surface area contributed by atoms with Gasteiger partial charge in [0.15, 0.2) is 0 Å². The molecule has 7 nitrogen and oxygen atoms in total. The van der Waals surface area contributed by atoms with E-state index in [1.807, 2.05) is 0 Å². The molecular weight excluding hydrogens is 252 g/mol. The topological polar surface area (TPSA) is 110 Å². The number of rotatable bonds is 4. The number of hydrogen-bond acceptors (Lipinski definition) is 4. The Morgan fingerprint density at radius 1 is 1.26 bits per heavy atom. The normalized spacial score (nSPS) is 11.5. The molecule has 0 spiro atoms. The van der Waals surface area contributed by atoms with Crippen molar-refractivity contribution in [1.82, 2.24) is 0 Å². The molecule has 1 aromatic rings. The number of amides is 1. The molecule has 100 valence electrons. The van der Waals surface area contributed by atoms with Gasteiger partial charge >= 0.3 is 5.97 Å². The van der Waals surface area contributed by atoms with Crippen LogP contribution in [0.2, 0.25) is 0 Å². The van der Waals surface area contributed by atoms with Crippen LogP contribution in [0.5, 0.6) is 0 Å². The summed E-state index contributed by atoms with van der Waals surface area (Å²) in [6, 6.07) is 5.40. The largest absolute Gasteiger partial charge is 0.478 e. The van der Waals surface area contributed by atoms with Gasteiger partial charge in [0.1, 0.15) is 0 Å². The number of carbonyl (C=O) groups excluding carboxylic acids is 1. The molecule has 0 unspecified atom stereocenters. The number of benzene rings is 1. The summed E-state index contributed by atoms with van der Waals surface area (Å²) in [5.41, 5.74) is 0.0352. The monoisotopic (exact) mass is 264 g/mol. The summed E-state index contributed by atoms with van der Waals surface area (Å²) >= 11 is 0. The van der Waals surface area contributed by atoms with Crippen molar-refractivity contribution in [2.75, 3.05) is 5.32 Å². The fourth-order valence-corrected chi connectivity index (χ4v) is 1.25. The van der Waals surface area contributed by atoms with Crippen LogP contribution in [0.1, 0.15) is 13.8 Å². The summed E-state index contributed by atoms with van der Waals surface area (Å²) in [5, 5.41) is 21.7. The smallest absolute Gasteiger partial charge is 0.331 e. The van der Waals surface area contributed by atoms with Gasteiger partial charge in [-0.3, -0.25) is 14.9 Å². The number of anilines is 1. The van der Waals surface area contributed by atoms with Gasteiger partial charge in [-0.2, -0.15) is 0 Å². The summed E-state index contributed by atoms with van der Waals surface area (Å²) in [6.45, 7) is 2.68. The van der Waals surface area contributed by atoms with Gasteiger partial charge in [-0.1, -0.05) is 6.07 Å². The van der Waals surface area contributed by atoms with Crippen LogP contribution < -0.4 is 5.32 Å². The van der Waals surface area contributed by atoms with Crippen molar-refractivity contribution in [2.45, 2.75) is 13.8 Å². The molecule has 7 heteroatoms. The molecule has 0 aliphatic carbocycles. The Kier molecular flexibility index (Phi) is 4.36. The van der Waals surface area contributed by atoms with Gasteiger partial charge in [-0.05, 0) is 19.9 Å². The molecule has 19 heavy (non-hydrogen) atoms.